The summed E-state index contributed by atoms with van der Waals surface area (Å²) in [5.41, 5.74) is 0.701. The molecular formula is C17H17BrN2O2. The van der Waals surface area contributed by atoms with Gasteiger partial charge in [-0.2, -0.15) is 0 Å². The third-order valence-corrected chi connectivity index (χ3v) is 4.41. The molecule has 1 aliphatic rings. The van der Waals surface area contributed by atoms with Crippen LogP contribution in [-0.2, 0) is 0 Å². The maximum Gasteiger partial charge on any atom is 0.255 e. The van der Waals surface area contributed by atoms with E-state index < -0.39 is 0 Å². The Hall–Kier alpha value is -1.88. The number of amides is 1. The zero-order valence-corrected chi connectivity index (χ0v) is 13.7. The number of ether oxygens (including phenoxy) is 1. The molecule has 1 aromatic carbocycles. The number of carbonyl (C=O) groups excluding carboxylic acids is 1. The van der Waals surface area contributed by atoms with Gasteiger partial charge in [-0.25, -0.2) is 0 Å². The fraction of sp³-hybridized carbons (Fsp3) is 0.294. The van der Waals surface area contributed by atoms with Crippen LogP contribution in [0.3, 0.4) is 0 Å². The molecule has 0 saturated carbocycles. The molecule has 1 unspecified atom stereocenters. The zero-order chi connectivity index (χ0) is 15.4. The van der Waals surface area contributed by atoms with E-state index in [9.17, 15) is 4.79 Å². The maximum absolute atomic E-state index is 12.6. The molecule has 0 aliphatic carbocycles. The molecule has 1 aliphatic heterocycles. The minimum absolute atomic E-state index is 0.0302. The summed E-state index contributed by atoms with van der Waals surface area (Å²) in [7, 11) is 0. The lowest BCUT2D eigenvalue weighted by Crippen LogP contribution is -2.44. The Morgan fingerprint density at radius 1 is 1.23 bits per heavy atom. The third kappa shape index (κ3) is 3.47. The van der Waals surface area contributed by atoms with Gasteiger partial charge in [0.1, 0.15) is 11.9 Å². The second kappa shape index (κ2) is 6.92. The van der Waals surface area contributed by atoms with E-state index in [4.69, 9.17) is 4.74 Å². The maximum atomic E-state index is 12.6. The first-order chi connectivity index (χ1) is 10.7. The minimum Gasteiger partial charge on any atom is -0.488 e. The van der Waals surface area contributed by atoms with Crippen LogP contribution in [0.5, 0.6) is 5.75 Å². The Morgan fingerprint density at radius 3 is 2.77 bits per heavy atom. The number of halogens is 1. The van der Waals surface area contributed by atoms with Gasteiger partial charge in [0.15, 0.2) is 0 Å². The van der Waals surface area contributed by atoms with E-state index in [-0.39, 0.29) is 12.0 Å². The summed E-state index contributed by atoms with van der Waals surface area (Å²) < 4.78 is 6.79. The molecule has 0 bridgehead atoms. The molecule has 0 N–H and O–H groups in total. The molecule has 1 aromatic heterocycles. The highest BCUT2D eigenvalue weighted by molar-refractivity contribution is 9.10. The number of piperidine rings is 1. The highest BCUT2D eigenvalue weighted by Gasteiger charge is 2.26. The van der Waals surface area contributed by atoms with Crippen LogP contribution >= 0.6 is 15.9 Å². The van der Waals surface area contributed by atoms with Crippen LogP contribution in [0.1, 0.15) is 23.2 Å². The summed E-state index contributed by atoms with van der Waals surface area (Å²) in [5.74, 6) is 0.852. The van der Waals surface area contributed by atoms with Gasteiger partial charge in [0.25, 0.3) is 5.91 Å². The lowest BCUT2D eigenvalue weighted by Gasteiger charge is -2.33. The first kappa shape index (κ1) is 15.0. The molecular weight excluding hydrogens is 344 g/mol. The van der Waals surface area contributed by atoms with Crippen molar-refractivity contribution in [1.29, 1.82) is 0 Å². The van der Waals surface area contributed by atoms with Crippen molar-refractivity contribution in [3.63, 3.8) is 0 Å². The molecule has 5 heteroatoms. The van der Waals surface area contributed by atoms with Crippen LogP contribution in [0.15, 0.2) is 53.3 Å². The monoisotopic (exact) mass is 360 g/mol. The van der Waals surface area contributed by atoms with Crippen molar-refractivity contribution in [2.45, 2.75) is 18.9 Å². The Balaban J connectivity index is 1.68. The van der Waals surface area contributed by atoms with Crippen molar-refractivity contribution in [3.05, 3.63) is 58.8 Å². The van der Waals surface area contributed by atoms with E-state index in [2.05, 4.69) is 20.9 Å². The Morgan fingerprint density at radius 2 is 2.00 bits per heavy atom. The molecule has 0 spiro atoms. The van der Waals surface area contributed by atoms with E-state index in [1.165, 1.54) is 0 Å². The van der Waals surface area contributed by atoms with Crippen LogP contribution in [0, 0.1) is 0 Å². The molecule has 1 atom stereocenters. The fourth-order valence-corrected chi connectivity index (χ4v) is 3.09. The highest BCUT2D eigenvalue weighted by atomic mass is 79.9. The number of aromatic nitrogens is 1. The first-order valence-corrected chi connectivity index (χ1v) is 8.14. The summed E-state index contributed by atoms with van der Waals surface area (Å²) in [5, 5.41) is 0. The fourth-order valence-electron chi connectivity index (χ4n) is 2.63. The molecule has 114 valence electrons. The van der Waals surface area contributed by atoms with E-state index in [1.807, 2.05) is 41.3 Å². The van der Waals surface area contributed by atoms with Gasteiger partial charge in [0.2, 0.25) is 0 Å². The van der Waals surface area contributed by atoms with E-state index in [0.29, 0.717) is 12.1 Å². The Bertz CT molecular complexity index is 648. The van der Waals surface area contributed by atoms with Gasteiger partial charge in [0, 0.05) is 23.4 Å². The molecule has 3 rings (SSSR count). The molecule has 2 aromatic rings. The Kier molecular flexibility index (Phi) is 4.73. The summed E-state index contributed by atoms with van der Waals surface area (Å²) >= 11 is 3.45. The van der Waals surface area contributed by atoms with Gasteiger partial charge >= 0.3 is 0 Å². The number of likely N-dealkylation sites (tertiary alicyclic amines) is 1. The Labute approximate surface area is 138 Å². The van der Waals surface area contributed by atoms with Crippen LogP contribution in [0.2, 0.25) is 0 Å². The zero-order valence-electron chi connectivity index (χ0n) is 12.1. The van der Waals surface area contributed by atoms with Gasteiger partial charge in [-0.3, -0.25) is 9.78 Å². The van der Waals surface area contributed by atoms with Crippen molar-refractivity contribution < 1.29 is 9.53 Å². The molecule has 22 heavy (non-hydrogen) atoms. The minimum atomic E-state index is 0.0302. The van der Waals surface area contributed by atoms with E-state index in [0.717, 1.165) is 29.6 Å². The average Bonchev–Trinajstić information content (AvgIpc) is 2.56. The van der Waals surface area contributed by atoms with Gasteiger partial charge < -0.3 is 9.64 Å². The normalized spacial score (nSPS) is 18.0. The third-order valence-electron chi connectivity index (χ3n) is 3.72. The lowest BCUT2D eigenvalue weighted by molar-refractivity contribution is 0.0537. The highest BCUT2D eigenvalue weighted by Crippen LogP contribution is 2.22. The van der Waals surface area contributed by atoms with Crippen LogP contribution in [-0.4, -0.2) is 35.0 Å². The number of nitrogens with zero attached hydrogens (tertiary/aromatic N) is 2. The first-order valence-electron chi connectivity index (χ1n) is 7.34. The van der Waals surface area contributed by atoms with Crippen molar-refractivity contribution in [2.24, 2.45) is 0 Å². The van der Waals surface area contributed by atoms with Crippen molar-refractivity contribution in [3.8, 4) is 5.75 Å². The standard InChI is InChI=1S/C17H17BrN2O2/c18-16-6-2-1-5-15(16)17(21)20-11-3-4-14(12-20)22-13-7-9-19-10-8-13/h1-2,5-10,14H,3-4,11-12H2. The van der Waals surface area contributed by atoms with Crippen molar-refractivity contribution in [1.82, 2.24) is 9.88 Å². The smallest absolute Gasteiger partial charge is 0.255 e. The summed E-state index contributed by atoms with van der Waals surface area (Å²) in [6, 6.07) is 11.2. The molecule has 4 nitrogen and oxygen atoms in total. The lowest BCUT2D eigenvalue weighted by atomic mass is 10.1. The van der Waals surface area contributed by atoms with Gasteiger partial charge in [-0.1, -0.05) is 12.1 Å². The van der Waals surface area contributed by atoms with E-state index >= 15 is 0 Å². The summed E-state index contributed by atoms with van der Waals surface area (Å²) in [6.07, 6.45) is 5.36. The number of hydrogen-bond acceptors (Lipinski definition) is 3. The second-order valence-corrected chi connectivity index (χ2v) is 6.15. The second-order valence-electron chi connectivity index (χ2n) is 5.30. The molecule has 0 radical (unpaired) electrons. The van der Waals surface area contributed by atoms with Gasteiger partial charge in [-0.05, 0) is 53.0 Å². The molecule has 1 saturated heterocycles. The van der Waals surface area contributed by atoms with Crippen LogP contribution in [0.4, 0.5) is 0 Å². The SMILES string of the molecule is O=C(c1ccccc1Br)N1CCCC(Oc2ccncc2)C1. The van der Waals surface area contributed by atoms with E-state index in [1.54, 1.807) is 12.4 Å². The van der Waals surface area contributed by atoms with Crippen LogP contribution < -0.4 is 4.74 Å². The summed E-state index contributed by atoms with van der Waals surface area (Å²) in [4.78, 5) is 18.5. The average molecular weight is 361 g/mol. The molecule has 1 amide bonds. The van der Waals surface area contributed by atoms with Gasteiger partial charge in [-0.15, -0.1) is 0 Å². The quantitative estimate of drug-likeness (QED) is 0.840. The number of carbonyl (C=O) groups is 1. The number of pyridine rings is 1. The number of benzene rings is 1. The van der Waals surface area contributed by atoms with Crippen molar-refractivity contribution >= 4 is 21.8 Å². The van der Waals surface area contributed by atoms with Crippen molar-refractivity contribution in [2.75, 3.05) is 13.1 Å². The van der Waals surface area contributed by atoms with Crippen LogP contribution in [0.25, 0.3) is 0 Å². The largest absolute Gasteiger partial charge is 0.488 e. The topological polar surface area (TPSA) is 42.4 Å². The predicted octanol–water partition coefficient (Wildman–Crippen LogP) is 3.53. The predicted molar refractivity (Wildman–Crippen MR) is 87.9 cm³/mol. The number of hydrogen-bond donors (Lipinski definition) is 0. The molecule has 2 heterocycles. The molecule has 1 fully saturated rings. The summed E-state index contributed by atoms with van der Waals surface area (Å²) in [6.45, 7) is 1.39. The number of rotatable bonds is 3. The van der Waals surface area contributed by atoms with Gasteiger partial charge in [0.05, 0.1) is 12.1 Å².